The van der Waals surface area contributed by atoms with Crippen LogP contribution in [0.3, 0.4) is 0 Å². The number of benzene rings is 2. The number of amides is 1. The average molecular weight is 436 g/mol. The summed E-state index contributed by atoms with van der Waals surface area (Å²) in [4.78, 5) is 22.5. The molecule has 1 amide bonds. The van der Waals surface area contributed by atoms with Crippen LogP contribution in [0.15, 0.2) is 53.4 Å². The summed E-state index contributed by atoms with van der Waals surface area (Å²) in [5.41, 5.74) is 1.53. The van der Waals surface area contributed by atoms with E-state index in [2.05, 4.69) is 10.3 Å². The van der Waals surface area contributed by atoms with E-state index in [0.717, 1.165) is 10.4 Å². The number of aromatic nitrogens is 1. The van der Waals surface area contributed by atoms with Gasteiger partial charge in [0.2, 0.25) is 0 Å². The van der Waals surface area contributed by atoms with Gasteiger partial charge in [-0.25, -0.2) is 17.8 Å². The lowest BCUT2D eigenvalue weighted by molar-refractivity contribution is -0.0258. The van der Waals surface area contributed by atoms with E-state index < -0.39 is 15.9 Å². The molecule has 0 aliphatic rings. The first-order valence-corrected chi connectivity index (χ1v) is 10.7. The molecular formula is C19H18FN3O4S2. The third-order valence-electron chi connectivity index (χ3n) is 4.12. The predicted molar refractivity (Wildman–Crippen MR) is 109 cm³/mol. The zero-order valence-electron chi connectivity index (χ0n) is 15.8. The summed E-state index contributed by atoms with van der Waals surface area (Å²) < 4.78 is 38.6. The summed E-state index contributed by atoms with van der Waals surface area (Å²) in [6.45, 7) is 1.85. The third-order valence-corrected chi connectivity index (χ3v) is 6.69. The Morgan fingerprint density at radius 1 is 1.21 bits per heavy atom. The number of anilines is 1. The van der Waals surface area contributed by atoms with Gasteiger partial charge in [0.05, 0.1) is 17.7 Å². The van der Waals surface area contributed by atoms with E-state index in [1.54, 1.807) is 12.1 Å². The minimum absolute atomic E-state index is 0.0724. The quantitative estimate of drug-likeness (QED) is 0.597. The van der Waals surface area contributed by atoms with Gasteiger partial charge in [-0.3, -0.25) is 14.9 Å². The number of hydroxylamine groups is 1. The summed E-state index contributed by atoms with van der Waals surface area (Å²) in [7, 11) is -1.38. The highest BCUT2D eigenvalue weighted by Crippen LogP contribution is 2.30. The van der Waals surface area contributed by atoms with Gasteiger partial charge in [0.25, 0.3) is 15.9 Å². The van der Waals surface area contributed by atoms with Crippen molar-refractivity contribution in [3.63, 3.8) is 0 Å². The van der Waals surface area contributed by atoms with Gasteiger partial charge in [-0.2, -0.15) is 0 Å². The van der Waals surface area contributed by atoms with E-state index in [1.807, 2.05) is 6.92 Å². The number of aryl methyl sites for hydroxylation is 1. The Labute approximate surface area is 171 Å². The Morgan fingerprint density at radius 3 is 2.55 bits per heavy atom. The molecule has 3 rings (SSSR count). The largest absolute Gasteiger partial charge is 0.298 e. The van der Waals surface area contributed by atoms with Crippen LogP contribution < -0.4 is 5.32 Å². The Hall–Kier alpha value is -2.66. The third kappa shape index (κ3) is 4.51. The van der Waals surface area contributed by atoms with Gasteiger partial charge in [-0.1, -0.05) is 10.5 Å². The van der Waals surface area contributed by atoms with Crippen LogP contribution >= 0.6 is 11.3 Å². The zero-order valence-corrected chi connectivity index (χ0v) is 17.5. The molecule has 0 atom stereocenters. The number of rotatable bonds is 6. The van der Waals surface area contributed by atoms with Crippen LogP contribution in [0.5, 0.6) is 0 Å². The average Bonchev–Trinajstić information content (AvgIpc) is 3.07. The van der Waals surface area contributed by atoms with Gasteiger partial charge < -0.3 is 0 Å². The lowest BCUT2D eigenvalue weighted by Crippen LogP contribution is -2.26. The SMILES string of the molecule is CON(C)S(=O)(=O)c1cccc(C(=O)Nc2nc(-c3ccc(F)cc3)c(C)s2)c1. The van der Waals surface area contributed by atoms with Crippen molar-refractivity contribution in [2.75, 3.05) is 19.5 Å². The smallest absolute Gasteiger partial charge is 0.264 e. The van der Waals surface area contributed by atoms with Crippen LogP contribution in [0.4, 0.5) is 9.52 Å². The molecule has 0 spiro atoms. The number of nitrogens with one attached hydrogen (secondary N) is 1. The molecule has 1 heterocycles. The highest BCUT2D eigenvalue weighted by molar-refractivity contribution is 7.89. The number of hydrogen-bond acceptors (Lipinski definition) is 6. The van der Waals surface area contributed by atoms with E-state index in [9.17, 15) is 17.6 Å². The number of sulfonamides is 1. The van der Waals surface area contributed by atoms with E-state index >= 15 is 0 Å². The number of carbonyl (C=O) groups excluding carboxylic acids is 1. The maximum Gasteiger partial charge on any atom is 0.264 e. The fraction of sp³-hybridized carbons (Fsp3) is 0.158. The first-order chi connectivity index (χ1) is 13.7. The van der Waals surface area contributed by atoms with E-state index in [0.29, 0.717) is 15.3 Å². The predicted octanol–water partition coefficient (Wildman–Crippen LogP) is 3.69. The molecule has 1 aromatic heterocycles. The fourth-order valence-electron chi connectivity index (χ4n) is 2.54. The molecule has 1 N–H and O–H groups in total. The molecule has 0 aliphatic carbocycles. The lowest BCUT2D eigenvalue weighted by Gasteiger charge is -2.14. The summed E-state index contributed by atoms with van der Waals surface area (Å²) in [6, 6.07) is 11.5. The number of thiazole rings is 1. The molecule has 0 saturated heterocycles. The topological polar surface area (TPSA) is 88.6 Å². The Bertz CT molecular complexity index is 1140. The molecule has 7 nitrogen and oxygen atoms in total. The van der Waals surface area contributed by atoms with E-state index in [-0.39, 0.29) is 16.3 Å². The second-order valence-electron chi connectivity index (χ2n) is 6.01. The molecule has 2 aromatic carbocycles. The number of nitrogens with zero attached hydrogens (tertiary/aromatic N) is 2. The van der Waals surface area contributed by atoms with Crippen molar-refractivity contribution in [2.24, 2.45) is 0 Å². The zero-order chi connectivity index (χ0) is 21.2. The van der Waals surface area contributed by atoms with Crippen LogP contribution in [0, 0.1) is 12.7 Å². The Kier molecular flexibility index (Phi) is 6.08. The van der Waals surface area contributed by atoms with E-state index in [1.165, 1.54) is 61.9 Å². The maximum absolute atomic E-state index is 13.1. The Morgan fingerprint density at radius 2 is 1.90 bits per heavy atom. The van der Waals surface area contributed by atoms with Crippen LogP contribution in [-0.2, 0) is 14.9 Å². The summed E-state index contributed by atoms with van der Waals surface area (Å²) in [5, 5.41) is 3.03. The molecule has 152 valence electrons. The second-order valence-corrected chi connectivity index (χ2v) is 9.15. The van der Waals surface area contributed by atoms with Gasteiger partial charge >= 0.3 is 0 Å². The molecule has 0 fully saturated rings. The van der Waals surface area contributed by atoms with Crippen LogP contribution in [0.2, 0.25) is 0 Å². The number of halogens is 1. The van der Waals surface area contributed by atoms with Crippen LogP contribution in [0.25, 0.3) is 11.3 Å². The molecule has 29 heavy (non-hydrogen) atoms. The molecule has 3 aromatic rings. The Balaban J connectivity index is 1.84. The van der Waals surface area contributed by atoms with Crippen molar-refractivity contribution in [3.8, 4) is 11.3 Å². The molecular weight excluding hydrogens is 417 g/mol. The standard InChI is InChI=1S/C19H18FN3O4S2/c1-12-17(13-7-9-15(20)10-8-13)21-19(28-12)22-18(24)14-5-4-6-16(11-14)29(25,26)23(2)27-3/h4-11H,1-3H3,(H,21,22,24). The molecule has 0 saturated carbocycles. The van der Waals surface area contributed by atoms with Crippen molar-refractivity contribution in [3.05, 3.63) is 64.8 Å². The lowest BCUT2D eigenvalue weighted by atomic mass is 10.1. The van der Waals surface area contributed by atoms with Crippen LogP contribution in [0.1, 0.15) is 15.2 Å². The summed E-state index contributed by atoms with van der Waals surface area (Å²) in [6.07, 6.45) is 0. The van der Waals surface area contributed by atoms with Crippen molar-refractivity contribution in [1.82, 2.24) is 9.45 Å². The van der Waals surface area contributed by atoms with Crippen molar-refractivity contribution in [1.29, 1.82) is 0 Å². The second kappa shape index (κ2) is 8.37. The van der Waals surface area contributed by atoms with Gasteiger partial charge in [-0.15, -0.1) is 11.3 Å². The molecule has 10 heteroatoms. The highest BCUT2D eigenvalue weighted by atomic mass is 32.2. The first kappa shape index (κ1) is 21.1. The number of hydrogen-bond donors (Lipinski definition) is 1. The number of carbonyl (C=O) groups is 1. The molecule has 0 bridgehead atoms. The summed E-state index contributed by atoms with van der Waals surface area (Å²) >= 11 is 1.27. The van der Waals surface area contributed by atoms with Gasteiger partial charge in [0.1, 0.15) is 5.82 Å². The maximum atomic E-state index is 13.1. The molecule has 0 aliphatic heterocycles. The monoisotopic (exact) mass is 435 g/mol. The molecule has 0 unspecified atom stereocenters. The van der Waals surface area contributed by atoms with Gasteiger partial charge in [-0.05, 0) is 49.4 Å². The summed E-state index contributed by atoms with van der Waals surface area (Å²) in [5.74, 6) is -0.842. The minimum Gasteiger partial charge on any atom is -0.298 e. The first-order valence-electron chi connectivity index (χ1n) is 8.40. The van der Waals surface area contributed by atoms with Gasteiger partial charge in [0, 0.05) is 23.1 Å². The highest BCUT2D eigenvalue weighted by Gasteiger charge is 2.22. The van der Waals surface area contributed by atoms with Crippen LogP contribution in [-0.4, -0.2) is 37.9 Å². The van der Waals surface area contributed by atoms with Crippen molar-refractivity contribution >= 4 is 32.4 Å². The normalized spacial score (nSPS) is 11.6. The van der Waals surface area contributed by atoms with E-state index in [4.69, 9.17) is 4.84 Å². The van der Waals surface area contributed by atoms with Crippen molar-refractivity contribution in [2.45, 2.75) is 11.8 Å². The minimum atomic E-state index is -3.87. The van der Waals surface area contributed by atoms with Gasteiger partial charge in [0.15, 0.2) is 5.13 Å². The molecule has 0 radical (unpaired) electrons. The van der Waals surface area contributed by atoms with Crippen molar-refractivity contribution < 1.29 is 22.4 Å². The fourth-order valence-corrected chi connectivity index (χ4v) is 4.39.